The van der Waals surface area contributed by atoms with E-state index in [0.29, 0.717) is 40.6 Å². The molecule has 7 N–H and O–H groups in total. The number of H-pyrrole nitrogens is 1. The van der Waals surface area contributed by atoms with Crippen LogP contribution in [0.15, 0.2) is 320 Å². The van der Waals surface area contributed by atoms with Crippen LogP contribution in [0.5, 0.6) is 23.0 Å². The van der Waals surface area contributed by atoms with Gasteiger partial charge >= 0.3 is 11.9 Å². The van der Waals surface area contributed by atoms with Gasteiger partial charge in [0, 0.05) is 125 Å². The topological polar surface area (TPSA) is 246 Å². The van der Waals surface area contributed by atoms with Crippen LogP contribution in [0.4, 0.5) is 17.1 Å². The molecule has 0 fully saturated rings. The minimum Gasteiger partial charge on any atom is -0.497 e. The quantitative estimate of drug-likeness (QED) is 0.0157. The largest absolute Gasteiger partial charge is 0.497 e. The van der Waals surface area contributed by atoms with Crippen molar-refractivity contribution in [2.75, 3.05) is 58.0 Å². The molecule has 0 aliphatic carbocycles. The Morgan fingerprint density at radius 2 is 0.907 bits per heavy atom. The van der Waals surface area contributed by atoms with Crippen molar-refractivity contribution < 1.29 is 85.3 Å². The van der Waals surface area contributed by atoms with Gasteiger partial charge in [0.25, 0.3) is 0 Å². The second-order valence-electron chi connectivity index (χ2n) is 23.0. The summed E-state index contributed by atoms with van der Waals surface area (Å²) >= 11 is 6.33. The molecule has 0 saturated carbocycles. The Bertz CT molecular complexity index is 5140. The van der Waals surface area contributed by atoms with E-state index in [9.17, 15) is 24.0 Å². The zero-order valence-electron chi connectivity index (χ0n) is 60.5. The average Bonchev–Trinajstić information content (AvgIpc) is 0.801. The summed E-state index contributed by atoms with van der Waals surface area (Å²) in [6.07, 6.45) is 2.68. The van der Waals surface area contributed by atoms with Crippen LogP contribution in [0.1, 0.15) is 41.8 Å². The molecule has 19 heteroatoms. The molecule has 13 aromatic rings. The molecule has 0 spiro atoms. The number of ketones is 1. The Balaban J connectivity index is 0.000000184. The van der Waals surface area contributed by atoms with Crippen molar-refractivity contribution in [3.63, 3.8) is 0 Å². The molecule has 0 radical (unpaired) electrons. The van der Waals surface area contributed by atoms with E-state index in [0.717, 1.165) is 101 Å². The van der Waals surface area contributed by atoms with Crippen LogP contribution in [-0.2, 0) is 23.9 Å². The number of fused-ring (bicyclic) bond motifs is 2. The van der Waals surface area contributed by atoms with Crippen LogP contribution in [0.3, 0.4) is 0 Å². The molecule has 108 heavy (non-hydrogen) atoms. The van der Waals surface area contributed by atoms with Crippen molar-refractivity contribution in [1.82, 2.24) is 9.97 Å². The monoisotopic (exact) mass is 1490 g/mol. The van der Waals surface area contributed by atoms with Crippen molar-refractivity contribution in [2.24, 2.45) is 5.73 Å². The maximum Gasteiger partial charge on any atom is 0.332 e. The van der Waals surface area contributed by atoms with Gasteiger partial charge in [0.05, 0.1) is 74.8 Å². The van der Waals surface area contributed by atoms with Gasteiger partial charge in [0.2, 0.25) is 5.91 Å². The number of carbonyl (C=O) groups excluding carboxylic acids is 4. The van der Waals surface area contributed by atoms with Gasteiger partial charge in [-0.15, -0.1) is 0 Å². The fourth-order valence-corrected chi connectivity index (χ4v) is 10.6. The summed E-state index contributed by atoms with van der Waals surface area (Å²) < 4.78 is 30.2. The number of carbonyl (C=O) groups is 4. The normalized spacial score (nSPS) is 10.4. The van der Waals surface area contributed by atoms with Gasteiger partial charge in [-0.2, -0.15) is 0 Å². The first-order chi connectivity index (χ1) is 52.1. The van der Waals surface area contributed by atoms with Gasteiger partial charge in [-0.25, -0.2) is 9.78 Å². The number of benzene rings is 11. The Kier molecular flexibility index (Phi) is 34.2. The average molecular weight is 1490 g/mol. The van der Waals surface area contributed by atoms with Crippen molar-refractivity contribution in [2.45, 2.75) is 20.3 Å². The molecule has 1 amide bonds. The molecule has 13 rings (SSSR count). The molecule has 550 valence electrons. The van der Waals surface area contributed by atoms with E-state index in [1.807, 2.05) is 237 Å². The zero-order valence-corrected chi connectivity index (χ0v) is 61.9. The molecular weight excluding hydrogens is 1400 g/mol. The number of nitrogens with two attached hydrogens (primary N) is 2. The number of halogens is 1. The summed E-state index contributed by atoms with van der Waals surface area (Å²) in [5.74, 6) is 1.51. The SMILES string of the molecule is CCOC(=O)/C=C(\Nc1cccc(OC)c1)c1ccccc1.CCOC(=O)CC(=O)c1ccccc1.COc1ccc2c(=O)cc(-c3ccccc3)[nH]c2c1.COc1ccc2c(Cl)cc(-c3ccccc3)nc2c1.COc1cccc(N)c1.NC(=O)/C=C(\Nc1cccc(-c2ccccc2)c1)c1ccccc1.[Ar]. The Labute approximate surface area is 663 Å². The number of ether oxygens (including phenoxy) is 6. The maximum absolute atomic E-state index is 12.1. The van der Waals surface area contributed by atoms with Gasteiger partial charge in [-0.3, -0.25) is 19.2 Å². The summed E-state index contributed by atoms with van der Waals surface area (Å²) in [5, 5.41) is 8.84. The van der Waals surface area contributed by atoms with E-state index in [4.69, 9.17) is 46.8 Å². The number of anilines is 3. The number of nitrogens with one attached hydrogen (secondary N) is 3. The second-order valence-corrected chi connectivity index (χ2v) is 23.4. The summed E-state index contributed by atoms with van der Waals surface area (Å²) in [4.78, 5) is 65.6. The Morgan fingerprint density at radius 1 is 0.454 bits per heavy atom. The summed E-state index contributed by atoms with van der Waals surface area (Å²) in [6, 6.07) is 95.4. The van der Waals surface area contributed by atoms with Gasteiger partial charge in [0.15, 0.2) is 11.2 Å². The number of primary amides is 1. The smallest absolute Gasteiger partial charge is 0.332 e. The van der Waals surface area contributed by atoms with E-state index < -0.39 is 11.9 Å². The van der Waals surface area contributed by atoms with Gasteiger partial charge < -0.3 is 55.5 Å². The van der Waals surface area contributed by atoms with Crippen LogP contribution in [0.2, 0.25) is 5.02 Å². The van der Waals surface area contributed by atoms with E-state index >= 15 is 0 Å². The van der Waals surface area contributed by atoms with Crippen LogP contribution in [-0.4, -0.2) is 75.2 Å². The summed E-state index contributed by atoms with van der Waals surface area (Å²) in [5.41, 5.74) is 24.6. The number of aromatic nitrogens is 2. The molecule has 0 atom stereocenters. The first-order valence-electron chi connectivity index (χ1n) is 34.0. The van der Waals surface area contributed by atoms with Gasteiger partial charge in [0.1, 0.15) is 29.4 Å². The van der Waals surface area contributed by atoms with Gasteiger partial charge in [-0.05, 0) is 108 Å². The fraction of sp³-hybridized carbons (Fsp3) is 0.101. The predicted molar refractivity (Wildman–Crippen MR) is 432 cm³/mol. The number of methoxy groups -OCH3 is 4. The van der Waals surface area contributed by atoms with Crippen molar-refractivity contribution in [3.8, 4) is 56.6 Å². The molecule has 0 saturated heterocycles. The van der Waals surface area contributed by atoms with E-state index in [2.05, 4.69) is 43.5 Å². The number of esters is 2. The van der Waals surface area contributed by atoms with Crippen molar-refractivity contribution in [3.05, 3.63) is 347 Å². The first-order valence-corrected chi connectivity index (χ1v) is 34.4. The first kappa shape index (κ1) is 83.0. The molecule has 0 unspecified atom stereocenters. The van der Waals surface area contributed by atoms with E-state index in [-0.39, 0.29) is 61.3 Å². The number of nitrogen functional groups attached to an aromatic ring is 1. The molecule has 2 aromatic heterocycles. The predicted octanol–water partition coefficient (Wildman–Crippen LogP) is 18.9. The third kappa shape index (κ3) is 26.7. The van der Waals surface area contributed by atoms with Crippen LogP contribution < -0.4 is 46.5 Å². The minimum atomic E-state index is -0.486. The molecule has 11 aromatic carbocycles. The third-order valence-corrected chi connectivity index (χ3v) is 15.9. The van der Waals surface area contributed by atoms with Crippen LogP contribution in [0.25, 0.3) is 66.8 Å². The molecule has 0 aliphatic heterocycles. The maximum atomic E-state index is 12.1. The number of nitrogens with zero attached hydrogens (tertiary/aromatic N) is 1. The fourth-order valence-electron chi connectivity index (χ4n) is 10.4. The van der Waals surface area contributed by atoms with Crippen LogP contribution in [0, 0.1) is 37.7 Å². The summed E-state index contributed by atoms with van der Waals surface area (Å²) in [6.45, 7) is 4.14. The molecule has 17 nitrogen and oxygen atoms in total. The summed E-state index contributed by atoms with van der Waals surface area (Å²) in [7, 11) is 6.49. The van der Waals surface area contributed by atoms with Crippen molar-refractivity contribution >= 4 is 85.5 Å². The second kappa shape index (κ2) is 44.5. The number of Topliss-reactive ketones (excluding diaryl/α,β-unsaturated/α-hetero) is 1. The minimum absolute atomic E-state index is 0. The standard InChI is InChI=1S/C21H18N2O.C18H19NO3.C16H12ClNO.C16H13NO2.C11H12O3.C7H9NO.Ar/c22-21(24)15-20(17-10-5-2-6-11-17)23-19-13-7-12-18(14-19)16-8-3-1-4-9-16;1-3-22-18(20)13-17(14-8-5-4-6-9-14)19-15-10-7-11-16(12-15)21-2;1-19-12-7-8-13-14(17)10-15(18-16(13)9-12)11-5-3-2-4-6-11;1-19-12-7-8-13-15(9-12)17-14(10-16(13)18)11-5-3-2-4-6-11;1-2-14-11(13)8-10(12)9-6-4-3-5-7-9;1-9-7-4-2-3-6(8)5-7;/h1-15,23H,(H2,22,24);4-13,19H,3H2,1-2H3;2-10H,1H3;2-10H,1H3,(H,17,18);3-7H,2,8H2,1H3;2-5H,8H2,1H3;/b20-15-;17-13-;;;;;. The Hall–Kier alpha value is -12.3. The van der Waals surface area contributed by atoms with Crippen LogP contribution >= 0.6 is 11.6 Å². The van der Waals surface area contributed by atoms with E-state index in [1.54, 1.807) is 90.8 Å². The number of pyridine rings is 2. The molecule has 0 bridgehead atoms. The van der Waals surface area contributed by atoms with Crippen molar-refractivity contribution in [1.29, 1.82) is 0 Å². The van der Waals surface area contributed by atoms with E-state index in [1.165, 1.54) is 12.2 Å². The molecular formula is C89H83ArClN6O11. The number of aromatic amines is 1. The zero-order chi connectivity index (χ0) is 76.1. The molecule has 2 heterocycles. The van der Waals surface area contributed by atoms with Gasteiger partial charge in [-0.1, -0.05) is 218 Å². The molecule has 0 aliphatic rings. The number of hydrogen-bond donors (Lipinski definition) is 5. The Morgan fingerprint density at radius 3 is 1.44 bits per heavy atom. The number of amides is 1. The number of rotatable bonds is 20. The third-order valence-electron chi connectivity index (χ3n) is 15.6. The number of hydrogen-bond acceptors (Lipinski definition) is 15.